The van der Waals surface area contributed by atoms with E-state index in [1.165, 1.54) is 0 Å². The topological polar surface area (TPSA) is 26.6 Å². The quantitative estimate of drug-likeness (QED) is 0.283. The molecule has 0 saturated heterocycles. The van der Waals surface area contributed by atoms with Crippen molar-refractivity contribution in [1.82, 2.24) is 14.3 Å². The molecule has 0 radical (unpaired) electrons. The second-order valence-electron chi connectivity index (χ2n) is 5.14. The summed E-state index contributed by atoms with van der Waals surface area (Å²) in [6.45, 7) is 9.54. The number of rotatable bonds is 2. The summed E-state index contributed by atoms with van der Waals surface area (Å²) in [5.74, 6) is 0. The molecule has 4 nitrogen and oxygen atoms in total. The summed E-state index contributed by atoms with van der Waals surface area (Å²) in [4.78, 5) is 0. The second kappa shape index (κ2) is 14.6. The van der Waals surface area contributed by atoms with Crippen LogP contribution in [0.5, 0.6) is 0 Å². The van der Waals surface area contributed by atoms with E-state index >= 15 is 0 Å². The fourth-order valence-corrected chi connectivity index (χ4v) is 2.12. The summed E-state index contributed by atoms with van der Waals surface area (Å²) < 4.78 is 5.70. The molecule has 0 unspecified atom stereocenters. The van der Waals surface area contributed by atoms with Crippen molar-refractivity contribution >= 4 is 18.8 Å². The summed E-state index contributed by atoms with van der Waals surface area (Å²) in [6.07, 6.45) is 8.07. The molecule has 0 bridgehead atoms. The van der Waals surface area contributed by atoms with Crippen molar-refractivity contribution in [2.45, 2.75) is 27.2 Å². The molecular formula is C18H22Cl2N4Pt2-. The van der Waals surface area contributed by atoms with Crippen LogP contribution in [0.25, 0.3) is 11.4 Å². The molecule has 0 fully saturated rings. The molecule has 0 N–H and O–H groups in total. The van der Waals surface area contributed by atoms with Crippen molar-refractivity contribution in [3.63, 3.8) is 0 Å². The van der Waals surface area contributed by atoms with Gasteiger partial charge < -0.3 is 16.1 Å². The fraction of sp³-hybridized carbons (Fsp3) is 0.278. The van der Waals surface area contributed by atoms with Gasteiger partial charge >= 0.3 is 56.4 Å². The molecule has 0 aliphatic heterocycles. The Bertz CT molecular complexity index is 757. The zero-order chi connectivity index (χ0) is 20.1. The van der Waals surface area contributed by atoms with Gasteiger partial charge in [-0.25, -0.2) is 0 Å². The number of imidazole rings is 1. The third-order valence-electron chi connectivity index (χ3n) is 2.97. The Morgan fingerprint density at radius 1 is 1.27 bits per heavy atom. The Morgan fingerprint density at radius 2 is 1.85 bits per heavy atom. The van der Waals surface area contributed by atoms with Crippen LogP contribution in [0.3, 0.4) is 0 Å². The normalized spacial score (nSPS) is 9.19. The van der Waals surface area contributed by atoms with Crippen molar-refractivity contribution < 1.29 is 42.1 Å². The number of halogens is 2. The molecule has 26 heavy (non-hydrogen) atoms. The Hall–Kier alpha value is -0.403. The van der Waals surface area contributed by atoms with Gasteiger partial charge in [-0.15, -0.1) is 6.07 Å². The van der Waals surface area contributed by atoms with Crippen LogP contribution < -0.4 is 4.57 Å². The second-order valence-corrected chi connectivity index (χ2v) is 5.14. The third kappa shape index (κ3) is 8.09. The van der Waals surface area contributed by atoms with Crippen LogP contribution in [-0.2, 0) is 44.6 Å². The van der Waals surface area contributed by atoms with Gasteiger partial charge in [0.2, 0.25) is 6.33 Å². The molecule has 2 heterocycles. The van der Waals surface area contributed by atoms with Crippen molar-refractivity contribution in [2.75, 3.05) is 0 Å². The van der Waals surface area contributed by atoms with Crippen molar-refractivity contribution in [2.24, 2.45) is 7.05 Å². The van der Waals surface area contributed by atoms with E-state index in [4.69, 9.17) is 0 Å². The van der Waals surface area contributed by atoms with Gasteiger partial charge in [0.1, 0.15) is 0 Å². The monoisotopic (exact) mass is 754 g/mol. The molecule has 0 atom stereocenters. The first-order valence-electron chi connectivity index (χ1n) is 7.61. The molecular weight excluding hydrogens is 733 g/mol. The predicted octanol–water partition coefficient (Wildman–Crippen LogP) is 4.31. The van der Waals surface area contributed by atoms with Crippen LogP contribution in [0, 0.1) is 33.2 Å². The van der Waals surface area contributed by atoms with Crippen LogP contribution in [0.1, 0.15) is 24.7 Å². The predicted molar refractivity (Wildman–Crippen MR) is 98.6 cm³/mol. The van der Waals surface area contributed by atoms with Gasteiger partial charge in [0, 0.05) is 18.1 Å². The zero-order valence-electron chi connectivity index (χ0n) is 15.1. The summed E-state index contributed by atoms with van der Waals surface area (Å²) in [6, 6.07) is 11.4. The molecule has 0 amide bonds. The van der Waals surface area contributed by atoms with Gasteiger partial charge in [-0.05, 0) is 19.9 Å². The summed E-state index contributed by atoms with van der Waals surface area (Å²) >= 11 is 3.22. The molecule has 2 aromatic heterocycles. The molecule has 3 rings (SSSR count). The molecule has 0 spiro atoms. The number of aryl methyl sites for hydroxylation is 3. The van der Waals surface area contributed by atoms with Gasteiger partial charge in [-0.2, -0.15) is 29.7 Å². The van der Waals surface area contributed by atoms with E-state index in [0.29, 0.717) is 0 Å². The Morgan fingerprint density at radius 3 is 2.31 bits per heavy atom. The van der Waals surface area contributed by atoms with E-state index in [1.807, 2.05) is 72.2 Å². The molecule has 0 aliphatic rings. The fourth-order valence-electron chi connectivity index (χ4n) is 2.12. The van der Waals surface area contributed by atoms with Crippen molar-refractivity contribution in [3.05, 3.63) is 67.4 Å². The number of hydrogen-bond acceptors (Lipinski definition) is 1. The molecule has 0 aliphatic carbocycles. The Balaban J connectivity index is 0.000000793. The number of aromatic nitrogens is 4. The van der Waals surface area contributed by atoms with Crippen LogP contribution in [0.2, 0.25) is 0 Å². The van der Waals surface area contributed by atoms with Gasteiger partial charge in [0.25, 0.3) is 0 Å². The zero-order valence-corrected chi connectivity index (χ0v) is 21.1. The van der Waals surface area contributed by atoms with Gasteiger partial charge in [-0.1, -0.05) is 18.3 Å². The third-order valence-corrected chi connectivity index (χ3v) is 2.97. The van der Waals surface area contributed by atoms with Crippen molar-refractivity contribution in [3.8, 4) is 11.4 Å². The van der Waals surface area contributed by atoms with E-state index in [0.717, 1.165) is 29.2 Å². The molecule has 3 aromatic rings. The number of hydrogen-bond donors (Lipinski definition) is 0. The SMILES string of the molecule is Cc1cc(C)n(-c2[c-]c(-n3[c-][n+](C)cc3)ccc2)n1.[CH2-]CC.[Cl][Pt+].[Cl][Pt]. The minimum absolute atomic E-state index is 0.938. The first-order chi connectivity index (χ1) is 12.5. The van der Waals surface area contributed by atoms with E-state index < -0.39 is 0 Å². The van der Waals surface area contributed by atoms with Crippen LogP contribution in [0.4, 0.5) is 0 Å². The average Bonchev–Trinajstić information content (AvgIpc) is 3.24. The first-order valence-corrected chi connectivity index (χ1v) is 13.2. The summed E-state index contributed by atoms with van der Waals surface area (Å²) in [7, 11) is 11.2. The van der Waals surface area contributed by atoms with Crippen LogP contribution >= 0.6 is 18.8 Å². The molecule has 0 saturated carbocycles. The van der Waals surface area contributed by atoms with E-state index in [2.05, 4.69) is 49.3 Å². The maximum atomic E-state index is 4.61. The van der Waals surface area contributed by atoms with E-state index in [1.54, 1.807) is 37.5 Å². The molecule has 1 aromatic carbocycles. The first kappa shape index (κ1) is 25.6. The van der Waals surface area contributed by atoms with Gasteiger partial charge in [-0.3, -0.25) is 4.68 Å². The Kier molecular flexibility index (Phi) is 14.4. The number of nitrogens with zero attached hydrogens (tertiary/aromatic N) is 4. The van der Waals surface area contributed by atoms with E-state index in [9.17, 15) is 0 Å². The standard InChI is InChI=1S/C15H15N4.C3H7.2ClH.2Pt/c1-12-9-13(2)19(16-12)15-6-4-5-14(10-15)18-8-7-17(3)11-18;1-3-2;;;;/h4-9H,1-3H3;1,3H2,2H3;2*1H;;/q2*-1;;;+1;+2/p-2. The molecule has 149 valence electrons. The summed E-state index contributed by atoms with van der Waals surface area (Å²) in [5.41, 5.74) is 4.00. The van der Waals surface area contributed by atoms with Crippen LogP contribution in [-0.4, -0.2) is 14.3 Å². The van der Waals surface area contributed by atoms with Crippen molar-refractivity contribution in [1.29, 1.82) is 0 Å². The van der Waals surface area contributed by atoms with E-state index in [-0.39, 0.29) is 0 Å². The van der Waals surface area contributed by atoms with Gasteiger partial charge in [0.15, 0.2) is 0 Å². The number of benzene rings is 1. The Labute approximate surface area is 187 Å². The maximum absolute atomic E-state index is 4.61. The van der Waals surface area contributed by atoms with Crippen LogP contribution in [0.15, 0.2) is 36.7 Å². The average molecular weight is 755 g/mol. The van der Waals surface area contributed by atoms with Gasteiger partial charge in [0.05, 0.1) is 12.7 Å². The molecule has 8 heteroatoms. The summed E-state index contributed by atoms with van der Waals surface area (Å²) in [5, 5.41) is 4.48. The minimum atomic E-state index is 0.938.